The van der Waals surface area contributed by atoms with E-state index in [-0.39, 0.29) is 0 Å². The average molecular weight is 244 g/mol. The van der Waals surface area contributed by atoms with Crippen molar-refractivity contribution in [2.75, 3.05) is 6.61 Å². The minimum atomic E-state index is 0.443. The van der Waals surface area contributed by atoms with E-state index in [0.717, 1.165) is 17.6 Å². The van der Waals surface area contributed by atoms with Gasteiger partial charge in [0.2, 0.25) is 0 Å². The van der Waals surface area contributed by atoms with Crippen LogP contribution in [-0.4, -0.2) is 22.7 Å². The number of nitrogens with zero attached hydrogens (tertiary/aromatic N) is 2. The number of carbonyl (C=O) groups excluding carboxylic acids is 1. The van der Waals surface area contributed by atoms with Crippen LogP contribution in [0.3, 0.4) is 0 Å². The number of aromatic nitrogens is 2. The van der Waals surface area contributed by atoms with Gasteiger partial charge >= 0.3 is 0 Å². The third-order valence-electron chi connectivity index (χ3n) is 2.82. The topological polar surface area (TPSA) is 44.1 Å². The lowest BCUT2D eigenvalue weighted by Crippen LogP contribution is -2.17. The Kier molecular flexibility index (Phi) is 3.89. The summed E-state index contributed by atoms with van der Waals surface area (Å²) in [6.45, 7) is 7.38. The summed E-state index contributed by atoms with van der Waals surface area (Å²) in [6, 6.07) is 0. The summed E-state index contributed by atoms with van der Waals surface area (Å²) in [5.41, 5.74) is 3.05. The van der Waals surface area contributed by atoms with Crippen LogP contribution in [0.5, 0.6) is 0 Å². The molecule has 0 amide bonds. The van der Waals surface area contributed by atoms with Gasteiger partial charge in [0.25, 0.3) is 0 Å². The highest BCUT2D eigenvalue weighted by atomic mass is 16.5. The molecule has 1 aliphatic rings. The Morgan fingerprint density at radius 1 is 1.56 bits per heavy atom. The maximum atomic E-state index is 11.3. The van der Waals surface area contributed by atoms with Gasteiger partial charge in [-0.1, -0.05) is 30.9 Å². The second-order valence-electron chi connectivity index (χ2n) is 3.96. The molecule has 18 heavy (non-hydrogen) atoms. The molecule has 0 atom stereocenters. The van der Waals surface area contributed by atoms with Crippen LogP contribution < -0.4 is 0 Å². The number of fused-ring (bicyclic) bond motifs is 1. The SMILES string of the molecule is C=C/C=C(\C=C/C)c1nn2c(c1C=O)COCC2. The molecule has 0 fully saturated rings. The largest absolute Gasteiger partial charge is 0.373 e. The van der Waals surface area contributed by atoms with Crippen LogP contribution in [0.15, 0.2) is 30.9 Å². The summed E-state index contributed by atoms with van der Waals surface area (Å²) in [5.74, 6) is 0. The van der Waals surface area contributed by atoms with Gasteiger partial charge in [0.05, 0.1) is 31.0 Å². The summed E-state index contributed by atoms with van der Waals surface area (Å²) >= 11 is 0. The smallest absolute Gasteiger partial charge is 0.154 e. The Balaban J connectivity index is 2.55. The van der Waals surface area contributed by atoms with Crippen molar-refractivity contribution in [3.8, 4) is 0 Å². The molecule has 4 nitrogen and oxygen atoms in total. The van der Waals surface area contributed by atoms with E-state index in [0.29, 0.717) is 31.0 Å². The molecule has 0 saturated heterocycles. The van der Waals surface area contributed by atoms with E-state index in [4.69, 9.17) is 4.74 Å². The Morgan fingerprint density at radius 3 is 3.06 bits per heavy atom. The Labute approximate surface area is 106 Å². The van der Waals surface area contributed by atoms with Gasteiger partial charge < -0.3 is 4.74 Å². The molecule has 0 saturated carbocycles. The molecule has 4 heteroatoms. The van der Waals surface area contributed by atoms with Gasteiger partial charge in [-0.05, 0) is 6.92 Å². The van der Waals surface area contributed by atoms with Gasteiger partial charge in [0.15, 0.2) is 6.29 Å². The zero-order chi connectivity index (χ0) is 13.0. The summed E-state index contributed by atoms with van der Waals surface area (Å²) in [4.78, 5) is 11.3. The molecular weight excluding hydrogens is 228 g/mol. The zero-order valence-electron chi connectivity index (χ0n) is 10.4. The van der Waals surface area contributed by atoms with E-state index < -0.39 is 0 Å². The lowest BCUT2D eigenvalue weighted by Gasteiger charge is -2.13. The highest BCUT2D eigenvalue weighted by Gasteiger charge is 2.21. The molecule has 0 aliphatic carbocycles. The Morgan fingerprint density at radius 2 is 2.39 bits per heavy atom. The second kappa shape index (κ2) is 5.60. The number of allylic oxidation sites excluding steroid dienone is 5. The van der Waals surface area contributed by atoms with Gasteiger partial charge in [-0.3, -0.25) is 9.48 Å². The quantitative estimate of drug-likeness (QED) is 0.603. The highest BCUT2D eigenvalue weighted by molar-refractivity contribution is 5.88. The van der Waals surface area contributed by atoms with Crippen molar-refractivity contribution in [1.82, 2.24) is 9.78 Å². The van der Waals surface area contributed by atoms with Crippen LogP contribution in [-0.2, 0) is 17.9 Å². The first-order chi connectivity index (χ1) is 8.81. The monoisotopic (exact) mass is 244 g/mol. The van der Waals surface area contributed by atoms with E-state index >= 15 is 0 Å². The van der Waals surface area contributed by atoms with Crippen LogP contribution in [0.2, 0.25) is 0 Å². The van der Waals surface area contributed by atoms with Crippen LogP contribution >= 0.6 is 0 Å². The fraction of sp³-hybridized carbons (Fsp3) is 0.286. The van der Waals surface area contributed by atoms with E-state index in [1.807, 2.05) is 29.8 Å². The maximum Gasteiger partial charge on any atom is 0.154 e. The van der Waals surface area contributed by atoms with Crippen molar-refractivity contribution in [3.05, 3.63) is 47.8 Å². The van der Waals surface area contributed by atoms with Crippen molar-refractivity contribution in [1.29, 1.82) is 0 Å². The molecule has 94 valence electrons. The van der Waals surface area contributed by atoms with Crippen molar-refractivity contribution in [2.45, 2.75) is 20.1 Å². The molecule has 1 aromatic heterocycles. The normalized spacial score (nSPS) is 15.7. The predicted molar refractivity (Wildman–Crippen MR) is 70.3 cm³/mol. The number of hydrogen-bond donors (Lipinski definition) is 0. The molecule has 2 rings (SSSR count). The first kappa shape index (κ1) is 12.5. The predicted octanol–water partition coefficient (Wildman–Crippen LogP) is 2.37. The van der Waals surface area contributed by atoms with Crippen molar-refractivity contribution < 1.29 is 9.53 Å². The van der Waals surface area contributed by atoms with E-state index in [2.05, 4.69) is 11.7 Å². The molecule has 0 spiro atoms. The van der Waals surface area contributed by atoms with Gasteiger partial charge in [-0.15, -0.1) is 0 Å². The lowest BCUT2D eigenvalue weighted by molar-refractivity contribution is 0.0789. The Bertz CT molecular complexity index is 524. The zero-order valence-corrected chi connectivity index (χ0v) is 10.4. The van der Waals surface area contributed by atoms with Gasteiger partial charge in [0.1, 0.15) is 5.69 Å². The fourth-order valence-corrected chi connectivity index (χ4v) is 2.02. The molecular formula is C14H16N2O2. The first-order valence-electron chi connectivity index (χ1n) is 5.90. The fourth-order valence-electron chi connectivity index (χ4n) is 2.02. The molecule has 0 aromatic carbocycles. The first-order valence-corrected chi connectivity index (χ1v) is 5.90. The van der Waals surface area contributed by atoms with Crippen molar-refractivity contribution in [2.24, 2.45) is 0 Å². The van der Waals surface area contributed by atoms with Crippen molar-refractivity contribution >= 4 is 11.9 Å². The third-order valence-corrected chi connectivity index (χ3v) is 2.82. The highest BCUT2D eigenvalue weighted by Crippen LogP contribution is 2.24. The minimum absolute atomic E-state index is 0.443. The molecule has 0 bridgehead atoms. The molecule has 0 N–H and O–H groups in total. The average Bonchev–Trinajstić information content (AvgIpc) is 2.76. The van der Waals surface area contributed by atoms with E-state index in [1.54, 1.807) is 6.08 Å². The molecule has 2 heterocycles. The molecule has 1 aromatic rings. The third kappa shape index (κ3) is 2.19. The maximum absolute atomic E-state index is 11.3. The number of ether oxygens (including phenoxy) is 1. The second-order valence-corrected chi connectivity index (χ2v) is 3.96. The number of rotatable bonds is 4. The van der Waals surface area contributed by atoms with Crippen LogP contribution in [0, 0.1) is 0 Å². The molecule has 1 aliphatic heterocycles. The number of aldehydes is 1. The summed E-state index contributed by atoms with van der Waals surface area (Å²) in [5, 5.41) is 4.50. The van der Waals surface area contributed by atoms with Crippen molar-refractivity contribution in [3.63, 3.8) is 0 Å². The van der Waals surface area contributed by atoms with Gasteiger partial charge in [-0.25, -0.2) is 0 Å². The lowest BCUT2D eigenvalue weighted by atomic mass is 10.1. The van der Waals surface area contributed by atoms with Crippen LogP contribution in [0.25, 0.3) is 5.57 Å². The summed E-state index contributed by atoms with van der Waals surface area (Å²) < 4.78 is 7.22. The summed E-state index contributed by atoms with van der Waals surface area (Å²) in [7, 11) is 0. The molecule has 0 radical (unpaired) electrons. The van der Waals surface area contributed by atoms with Crippen LogP contribution in [0.1, 0.15) is 28.7 Å². The van der Waals surface area contributed by atoms with E-state index in [9.17, 15) is 4.79 Å². The summed E-state index contributed by atoms with van der Waals surface area (Å²) in [6.07, 6.45) is 8.23. The number of hydrogen-bond acceptors (Lipinski definition) is 3. The van der Waals surface area contributed by atoms with Crippen LogP contribution in [0.4, 0.5) is 0 Å². The Hall–Kier alpha value is -1.94. The van der Waals surface area contributed by atoms with Gasteiger partial charge in [-0.2, -0.15) is 5.10 Å². The minimum Gasteiger partial charge on any atom is -0.373 e. The standard InChI is InChI=1S/C14H16N2O2/c1-3-5-11(6-4-2)14-12(9-17)13-10-18-8-7-16(13)15-14/h3-6,9H,1,7-8,10H2,2H3/b6-4-,11-5+. The van der Waals surface area contributed by atoms with Gasteiger partial charge in [0, 0.05) is 5.57 Å². The number of carbonyl (C=O) groups is 1. The molecule has 0 unspecified atom stereocenters. The van der Waals surface area contributed by atoms with E-state index in [1.165, 1.54) is 0 Å².